The number of carbonyl (C=O) groups excluding carboxylic acids is 1. The van der Waals surface area contributed by atoms with Crippen molar-refractivity contribution in [1.82, 2.24) is 9.56 Å². The fourth-order valence-electron chi connectivity index (χ4n) is 3.28. The van der Waals surface area contributed by atoms with E-state index >= 15 is 0 Å². The number of hydrogen-bond donors (Lipinski definition) is 1. The van der Waals surface area contributed by atoms with E-state index in [-0.39, 0.29) is 18.1 Å². The number of aryl methyl sites for hydroxylation is 3. The Morgan fingerprint density at radius 2 is 1.90 bits per heavy atom. The van der Waals surface area contributed by atoms with Crippen LogP contribution < -0.4 is 15.6 Å². The van der Waals surface area contributed by atoms with Crippen molar-refractivity contribution in [3.63, 3.8) is 0 Å². The maximum Gasteiger partial charge on any atom is 0.287 e. The highest BCUT2D eigenvalue weighted by atomic mass is 16.5. The summed E-state index contributed by atoms with van der Waals surface area (Å²) in [4.78, 5) is 29.1. The number of carbonyl (C=O) groups is 1. The number of nitrogens with one attached hydrogen (secondary N) is 1. The standard InChI is InChI=1S/C24H23N3O4/c1-16-8-10-21(20(12-16)26-23(28)11-9-18-6-4-3-5-7-18)30-15-19-14-24(29)27-22(25-19)13-17(2)31-27/h3-8,10,12-14H,9,11,15H2,1-2H3,(H,26,28). The van der Waals surface area contributed by atoms with E-state index in [2.05, 4.69) is 10.3 Å². The van der Waals surface area contributed by atoms with E-state index in [9.17, 15) is 9.59 Å². The first-order chi connectivity index (χ1) is 15.0. The van der Waals surface area contributed by atoms with Crippen molar-refractivity contribution in [3.05, 3.63) is 93.6 Å². The molecule has 2 aromatic carbocycles. The maximum absolute atomic E-state index is 12.5. The Morgan fingerprint density at radius 1 is 1.10 bits per heavy atom. The van der Waals surface area contributed by atoms with Crippen LogP contribution in [0.25, 0.3) is 5.65 Å². The molecule has 0 aliphatic carbocycles. The number of ether oxygens (including phenoxy) is 1. The molecule has 0 radical (unpaired) electrons. The van der Waals surface area contributed by atoms with Gasteiger partial charge >= 0.3 is 0 Å². The minimum Gasteiger partial charge on any atom is -0.485 e. The van der Waals surface area contributed by atoms with Crippen molar-refractivity contribution in [2.45, 2.75) is 33.3 Å². The first kappa shape index (κ1) is 20.4. The van der Waals surface area contributed by atoms with Gasteiger partial charge in [-0.3, -0.25) is 9.59 Å². The first-order valence-corrected chi connectivity index (χ1v) is 10.0. The number of rotatable bonds is 7. The Labute approximate surface area is 179 Å². The van der Waals surface area contributed by atoms with Gasteiger partial charge in [0.2, 0.25) is 5.91 Å². The summed E-state index contributed by atoms with van der Waals surface area (Å²) in [7, 11) is 0. The van der Waals surface area contributed by atoms with Gasteiger partial charge in [0.25, 0.3) is 5.56 Å². The van der Waals surface area contributed by atoms with Gasteiger partial charge in [0.1, 0.15) is 18.1 Å². The van der Waals surface area contributed by atoms with Gasteiger partial charge in [-0.25, -0.2) is 4.98 Å². The second kappa shape index (κ2) is 8.87. The molecular formula is C24H23N3O4. The summed E-state index contributed by atoms with van der Waals surface area (Å²) < 4.78 is 12.3. The quantitative estimate of drug-likeness (QED) is 0.490. The van der Waals surface area contributed by atoms with Crippen LogP contribution in [-0.4, -0.2) is 15.5 Å². The third-order valence-corrected chi connectivity index (χ3v) is 4.79. The largest absolute Gasteiger partial charge is 0.485 e. The fourth-order valence-corrected chi connectivity index (χ4v) is 3.28. The predicted octanol–water partition coefficient (Wildman–Crippen LogP) is 4.05. The monoisotopic (exact) mass is 417 g/mol. The second-order valence-electron chi connectivity index (χ2n) is 7.41. The molecule has 7 heteroatoms. The molecule has 0 bridgehead atoms. The topological polar surface area (TPSA) is 85.8 Å². The molecule has 4 rings (SSSR count). The SMILES string of the molecule is Cc1ccc(OCc2cc(=O)n3oc(C)cc3n2)c(NC(=O)CCc2ccccc2)c1. The summed E-state index contributed by atoms with van der Waals surface area (Å²) in [5.41, 5.74) is 3.30. The van der Waals surface area contributed by atoms with Crippen molar-refractivity contribution in [3.8, 4) is 5.75 Å². The molecule has 2 aromatic heterocycles. The summed E-state index contributed by atoms with van der Waals surface area (Å²) in [6, 6.07) is 18.5. The first-order valence-electron chi connectivity index (χ1n) is 10.0. The molecule has 0 saturated carbocycles. The Morgan fingerprint density at radius 3 is 2.71 bits per heavy atom. The molecule has 0 fully saturated rings. The highest BCUT2D eigenvalue weighted by Crippen LogP contribution is 2.27. The zero-order chi connectivity index (χ0) is 21.8. The van der Waals surface area contributed by atoms with Gasteiger partial charge in [0.15, 0.2) is 5.65 Å². The van der Waals surface area contributed by atoms with Crippen molar-refractivity contribution in [1.29, 1.82) is 0 Å². The van der Waals surface area contributed by atoms with Crippen molar-refractivity contribution in [2.24, 2.45) is 0 Å². The van der Waals surface area contributed by atoms with Gasteiger partial charge in [-0.1, -0.05) is 36.4 Å². The van der Waals surface area contributed by atoms with E-state index in [1.807, 2.05) is 49.4 Å². The van der Waals surface area contributed by atoms with E-state index in [1.165, 1.54) is 6.07 Å². The van der Waals surface area contributed by atoms with Crippen LogP contribution in [0.5, 0.6) is 5.75 Å². The average molecular weight is 417 g/mol. The molecule has 2 heterocycles. The third kappa shape index (κ3) is 5.01. The smallest absolute Gasteiger partial charge is 0.287 e. The number of fused-ring (bicyclic) bond motifs is 1. The molecular weight excluding hydrogens is 394 g/mol. The summed E-state index contributed by atoms with van der Waals surface area (Å²) in [6.07, 6.45) is 1.03. The lowest BCUT2D eigenvalue weighted by molar-refractivity contribution is -0.116. The molecule has 1 amide bonds. The Hall–Kier alpha value is -3.87. The van der Waals surface area contributed by atoms with Crippen LogP contribution in [0.4, 0.5) is 5.69 Å². The molecule has 0 atom stereocenters. The van der Waals surface area contributed by atoms with Crippen molar-refractivity contribution >= 4 is 17.2 Å². The molecule has 1 N–H and O–H groups in total. The van der Waals surface area contributed by atoms with Crippen LogP contribution >= 0.6 is 0 Å². The van der Waals surface area contributed by atoms with Gasteiger partial charge in [-0.15, -0.1) is 4.57 Å². The van der Waals surface area contributed by atoms with Gasteiger partial charge in [-0.05, 0) is 43.5 Å². The second-order valence-corrected chi connectivity index (χ2v) is 7.41. The zero-order valence-corrected chi connectivity index (χ0v) is 17.4. The number of aromatic nitrogens is 2. The van der Waals surface area contributed by atoms with Crippen LogP contribution in [0.1, 0.15) is 29.0 Å². The lowest BCUT2D eigenvalue weighted by atomic mass is 10.1. The Bertz CT molecular complexity index is 1280. The van der Waals surface area contributed by atoms with Crippen LogP contribution in [-0.2, 0) is 17.8 Å². The molecule has 158 valence electrons. The molecule has 0 saturated heterocycles. The van der Waals surface area contributed by atoms with E-state index in [4.69, 9.17) is 9.26 Å². The van der Waals surface area contributed by atoms with Crippen LogP contribution in [0.3, 0.4) is 0 Å². The highest BCUT2D eigenvalue weighted by molar-refractivity contribution is 5.92. The third-order valence-electron chi connectivity index (χ3n) is 4.79. The molecule has 4 aromatic rings. The lowest BCUT2D eigenvalue weighted by Gasteiger charge is -2.13. The molecule has 0 unspecified atom stereocenters. The van der Waals surface area contributed by atoms with Crippen molar-refractivity contribution < 1.29 is 14.1 Å². The van der Waals surface area contributed by atoms with Gasteiger partial charge in [0, 0.05) is 18.6 Å². The number of nitrogens with zero attached hydrogens (tertiary/aromatic N) is 2. The van der Waals surface area contributed by atoms with E-state index in [0.29, 0.717) is 41.4 Å². The summed E-state index contributed by atoms with van der Waals surface area (Å²) in [6.45, 7) is 3.79. The van der Waals surface area contributed by atoms with E-state index in [1.54, 1.807) is 19.1 Å². The molecule has 7 nitrogen and oxygen atoms in total. The minimum atomic E-state index is -0.310. The molecule has 0 aliphatic heterocycles. The van der Waals surface area contributed by atoms with Crippen LogP contribution in [0, 0.1) is 13.8 Å². The predicted molar refractivity (Wildman–Crippen MR) is 117 cm³/mol. The Balaban J connectivity index is 1.45. The normalized spacial score (nSPS) is 10.9. The summed E-state index contributed by atoms with van der Waals surface area (Å²) in [5.74, 6) is 1.02. The van der Waals surface area contributed by atoms with E-state index in [0.717, 1.165) is 15.7 Å². The number of benzene rings is 2. The van der Waals surface area contributed by atoms with E-state index < -0.39 is 0 Å². The molecule has 0 spiro atoms. The maximum atomic E-state index is 12.5. The Kier molecular flexibility index (Phi) is 5.84. The average Bonchev–Trinajstić information content (AvgIpc) is 3.13. The fraction of sp³-hybridized carbons (Fsp3) is 0.208. The number of anilines is 1. The lowest BCUT2D eigenvalue weighted by Crippen LogP contribution is -2.15. The molecule has 0 aliphatic rings. The summed E-state index contributed by atoms with van der Waals surface area (Å²) >= 11 is 0. The number of amides is 1. The van der Waals surface area contributed by atoms with Gasteiger partial charge < -0.3 is 14.6 Å². The van der Waals surface area contributed by atoms with Crippen LogP contribution in [0.2, 0.25) is 0 Å². The summed E-state index contributed by atoms with van der Waals surface area (Å²) in [5, 5.41) is 2.94. The van der Waals surface area contributed by atoms with Gasteiger partial charge in [-0.2, -0.15) is 0 Å². The van der Waals surface area contributed by atoms with Crippen LogP contribution in [0.15, 0.2) is 70.0 Å². The minimum absolute atomic E-state index is 0.0892. The zero-order valence-electron chi connectivity index (χ0n) is 17.4. The number of hydrogen-bond acceptors (Lipinski definition) is 5. The van der Waals surface area contributed by atoms with Crippen molar-refractivity contribution in [2.75, 3.05) is 5.32 Å². The molecule has 31 heavy (non-hydrogen) atoms. The van der Waals surface area contributed by atoms with Gasteiger partial charge in [0.05, 0.1) is 11.4 Å². The highest BCUT2D eigenvalue weighted by Gasteiger charge is 2.11.